The van der Waals surface area contributed by atoms with Crippen molar-refractivity contribution in [3.8, 4) is 5.75 Å². The van der Waals surface area contributed by atoms with Gasteiger partial charge in [0.25, 0.3) is 0 Å². The van der Waals surface area contributed by atoms with E-state index in [-0.39, 0.29) is 5.78 Å². The molecule has 0 bridgehead atoms. The lowest BCUT2D eigenvalue weighted by Gasteiger charge is -2.39. The van der Waals surface area contributed by atoms with E-state index in [0.717, 1.165) is 16.9 Å². The van der Waals surface area contributed by atoms with Gasteiger partial charge in [-0.05, 0) is 48.9 Å². The highest BCUT2D eigenvalue weighted by Gasteiger charge is 2.37. The molecule has 1 aromatic rings. The van der Waals surface area contributed by atoms with Crippen molar-refractivity contribution in [1.29, 1.82) is 0 Å². The number of methoxy groups -OCH3 is 1. The molecule has 0 spiro atoms. The van der Waals surface area contributed by atoms with Crippen LogP contribution >= 0.6 is 0 Å². The molecule has 0 amide bonds. The summed E-state index contributed by atoms with van der Waals surface area (Å²) in [7, 11) is 1.64. The van der Waals surface area contributed by atoms with Crippen LogP contribution in [-0.4, -0.2) is 12.9 Å². The predicted octanol–water partition coefficient (Wildman–Crippen LogP) is 3.62. The van der Waals surface area contributed by atoms with E-state index < -0.39 is 0 Å². The predicted molar refractivity (Wildman–Crippen MR) is 70.9 cm³/mol. The first-order valence-electron chi connectivity index (χ1n) is 6.70. The van der Waals surface area contributed by atoms with Gasteiger partial charge >= 0.3 is 0 Å². The van der Waals surface area contributed by atoms with Gasteiger partial charge in [-0.3, -0.25) is 4.79 Å². The summed E-state index contributed by atoms with van der Waals surface area (Å²) < 4.78 is 5.11. The number of allylic oxidation sites excluding steroid dienone is 2. The van der Waals surface area contributed by atoms with E-state index >= 15 is 0 Å². The maximum Gasteiger partial charge on any atom is 0.189 e. The topological polar surface area (TPSA) is 26.3 Å². The van der Waals surface area contributed by atoms with Crippen LogP contribution in [0.1, 0.15) is 36.0 Å². The minimum absolute atomic E-state index is 0.209. The number of Topliss-reactive ketones (excluding diaryl/α,β-unsaturated/α-hetero) is 1. The van der Waals surface area contributed by atoms with Crippen molar-refractivity contribution in [1.82, 2.24) is 0 Å². The third kappa shape index (κ3) is 1.86. The summed E-state index contributed by atoms with van der Waals surface area (Å²) >= 11 is 0. The SMILES string of the molecule is COc1ccc(C(=O)C2=C[C@@H]3CCCC[C@H]23)cc1. The number of ketones is 1. The maximum absolute atomic E-state index is 12.4. The molecule has 0 aromatic heterocycles. The number of hydrogen-bond acceptors (Lipinski definition) is 2. The lowest BCUT2D eigenvalue weighted by atomic mass is 9.65. The first-order chi connectivity index (χ1) is 8.79. The highest BCUT2D eigenvalue weighted by Crippen LogP contribution is 2.45. The molecule has 0 unspecified atom stereocenters. The van der Waals surface area contributed by atoms with Gasteiger partial charge in [-0.1, -0.05) is 18.9 Å². The van der Waals surface area contributed by atoms with Gasteiger partial charge in [0.1, 0.15) is 5.75 Å². The highest BCUT2D eigenvalue weighted by atomic mass is 16.5. The average Bonchev–Trinajstić information content (AvgIpc) is 2.40. The van der Waals surface area contributed by atoms with E-state index in [1.54, 1.807) is 7.11 Å². The van der Waals surface area contributed by atoms with Crippen molar-refractivity contribution >= 4 is 5.78 Å². The molecule has 2 heteroatoms. The molecule has 2 atom stereocenters. The molecule has 0 heterocycles. The Morgan fingerprint density at radius 3 is 2.56 bits per heavy atom. The molecule has 0 saturated heterocycles. The number of ether oxygens (including phenoxy) is 1. The van der Waals surface area contributed by atoms with Gasteiger partial charge in [0.2, 0.25) is 0 Å². The lowest BCUT2D eigenvalue weighted by Crippen LogP contribution is -2.32. The van der Waals surface area contributed by atoms with Crippen LogP contribution in [0.4, 0.5) is 0 Å². The number of carbonyl (C=O) groups is 1. The van der Waals surface area contributed by atoms with E-state index in [0.29, 0.717) is 11.8 Å². The van der Waals surface area contributed by atoms with Crippen LogP contribution in [0.2, 0.25) is 0 Å². The molecule has 1 fully saturated rings. The number of benzene rings is 1. The standard InChI is InChI=1S/C16H18O2/c1-18-13-8-6-11(7-9-13)16(17)15-10-12-4-2-3-5-14(12)15/h6-10,12,14H,2-5H2,1H3/t12-,14-/m0/s1. The molecular formula is C16H18O2. The Bertz CT molecular complexity index is 484. The molecular weight excluding hydrogens is 224 g/mol. The molecule has 2 nitrogen and oxygen atoms in total. The van der Waals surface area contributed by atoms with Crippen molar-refractivity contribution in [2.75, 3.05) is 7.11 Å². The first kappa shape index (κ1) is 11.5. The fourth-order valence-electron chi connectivity index (χ4n) is 3.13. The van der Waals surface area contributed by atoms with Gasteiger partial charge in [-0.25, -0.2) is 0 Å². The fourth-order valence-corrected chi connectivity index (χ4v) is 3.13. The molecule has 18 heavy (non-hydrogen) atoms. The lowest BCUT2D eigenvalue weighted by molar-refractivity contribution is 0.0989. The quantitative estimate of drug-likeness (QED) is 0.757. The molecule has 0 radical (unpaired) electrons. The van der Waals surface area contributed by atoms with E-state index in [1.165, 1.54) is 25.7 Å². The minimum Gasteiger partial charge on any atom is -0.497 e. The molecule has 1 saturated carbocycles. The van der Waals surface area contributed by atoms with Crippen molar-refractivity contribution in [2.45, 2.75) is 25.7 Å². The van der Waals surface area contributed by atoms with E-state index in [1.807, 2.05) is 24.3 Å². The van der Waals surface area contributed by atoms with Crippen molar-refractivity contribution in [3.05, 3.63) is 41.5 Å². The highest BCUT2D eigenvalue weighted by molar-refractivity contribution is 6.10. The number of rotatable bonds is 3. The maximum atomic E-state index is 12.4. The summed E-state index contributed by atoms with van der Waals surface area (Å²) in [5, 5.41) is 0. The minimum atomic E-state index is 0.209. The van der Waals surface area contributed by atoms with E-state index in [4.69, 9.17) is 4.74 Å². The Balaban J connectivity index is 1.78. The van der Waals surface area contributed by atoms with Crippen molar-refractivity contribution < 1.29 is 9.53 Å². The van der Waals surface area contributed by atoms with Crippen LogP contribution in [-0.2, 0) is 0 Å². The van der Waals surface area contributed by atoms with Crippen LogP contribution < -0.4 is 4.74 Å². The second-order valence-electron chi connectivity index (χ2n) is 5.23. The summed E-state index contributed by atoms with van der Waals surface area (Å²) in [6.07, 6.45) is 7.24. The molecule has 2 aliphatic rings. The number of carbonyl (C=O) groups excluding carboxylic acids is 1. The Labute approximate surface area is 108 Å². The summed E-state index contributed by atoms with van der Waals surface area (Å²) in [5.74, 6) is 2.22. The Kier molecular flexibility index (Phi) is 2.94. The van der Waals surface area contributed by atoms with E-state index in [2.05, 4.69) is 6.08 Å². The Morgan fingerprint density at radius 1 is 1.17 bits per heavy atom. The number of fused-ring (bicyclic) bond motifs is 1. The second-order valence-corrected chi connectivity index (χ2v) is 5.23. The van der Waals surface area contributed by atoms with Crippen LogP contribution in [0.25, 0.3) is 0 Å². The van der Waals surface area contributed by atoms with Gasteiger partial charge in [0, 0.05) is 11.1 Å². The zero-order chi connectivity index (χ0) is 12.5. The van der Waals surface area contributed by atoms with Gasteiger partial charge in [0.05, 0.1) is 7.11 Å². The molecule has 94 valence electrons. The summed E-state index contributed by atoms with van der Waals surface area (Å²) in [5.41, 5.74) is 1.83. The fraction of sp³-hybridized carbons (Fsp3) is 0.438. The second kappa shape index (κ2) is 4.60. The number of hydrogen-bond donors (Lipinski definition) is 0. The van der Waals surface area contributed by atoms with E-state index in [9.17, 15) is 4.79 Å². The van der Waals surface area contributed by atoms with Crippen LogP contribution in [0.3, 0.4) is 0 Å². The summed E-state index contributed by atoms with van der Waals surface area (Å²) in [6, 6.07) is 7.42. The van der Waals surface area contributed by atoms with Crippen LogP contribution in [0.5, 0.6) is 5.75 Å². The van der Waals surface area contributed by atoms with Gasteiger partial charge < -0.3 is 4.74 Å². The molecule has 3 rings (SSSR count). The van der Waals surface area contributed by atoms with Gasteiger partial charge in [-0.2, -0.15) is 0 Å². The molecule has 1 aromatic carbocycles. The van der Waals surface area contributed by atoms with Crippen LogP contribution in [0, 0.1) is 11.8 Å². The molecule has 0 N–H and O–H groups in total. The smallest absolute Gasteiger partial charge is 0.189 e. The largest absolute Gasteiger partial charge is 0.497 e. The third-order valence-corrected chi connectivity index (χ3v) is 4.23. The van der Waals surface area contributed by atoms with Crippen molar-refractivity contribution in [2.24, 2.45) is 11.8 Å². The Hall–Kier alpha value is -1.57. The average molecular weight is 242 g/mol. The van der Waals surface area contributed by atoms with Crippen molar-refractivity contribution in [3.63, 3.8) is 0 Å². The van der Waals surface area contributed by atoms with Gasteiger partial charge in [0.15, 0.2) is 5.78 Å². The summed E-state index contributed by atoms with van der Waals surface area (Å²) in [6.45, 7) is 0. The zero-order valence-corrected chi connectivity index (χ0v) is 10.7. The zero-order valence-electron chi connectivity index (χ0n) is 10.7. The normalized spacial score (nSPS) is 25.7. The van der Waals surface area contributed by atoms with Gasteiger partial charge in [-0.15, -0.1) is 0 Å². The Morgan fingerprint density at radius 2 is 1.89 bits per heavy atom. The summed E-state index contributed by atoms with van der Waals surface area (Å²) in [4.78, 5) is 12.4. The monoisotopic (exact) mass is 242 g/mol. The third-order valence-electron chi connectivity index (χ3n) is 4.23. The molecule has 2 aliphatic carbocycles. The molecule has 0 aliphatic heterocycles. The van der Waals surface area contributed by atoms with Crippen LogP contribution in [0.15, 0.2) is 35.9 Å². The first-order valence-corrected chi connectivity index (χ1v) is 6.70.